The molecule has 4 amide bonds. The molecule has 2 heterocycles. The number of imide groups is 1. The van der Waals surface area contributed by atoms with Crippen molar-refractivity contribution in [3.63, 3.8) is 0 Å². The molecule has 1 aromatic heterocycles. The van der Waals surface area contributed by atoms with E-state index in [4.69, 9.17) is 0 Å². The normalized spacial score (nSPS) is 16.7. The molecule has 1 fully saturated rings. The van der Waals surface area contributed by atoms with Crippen LogP contribution in [-0.2, 0) is 16.1 Å². The average molecular weight is 319 g/mol. The second kappa shape index (κ2) is 7.57. The Kier molecular flexibility index (Phi) is 5.51. The summed E-state index contributed by atoms with van der Waals surface area (Å²) in [5, 5.41) is 7.19. The molecule has 0 spiro atoms. The summed E-state index contributed by atoms with van der Waals surface area (Å²) in [6.07, 6.45) is 1.64. The van der Waals surface area contributed by atoms with Gasteiger partial charge in [-0.3, -0.25) is 14.9 Å². The van der Waals surface area contributed by atoms with E-state index in [1.54, 1.807) is 6.20 Å². The topological polar surface area (TPSA) is 103 Å². The summed E-state index contributed by atoms with van der Waals surface area (Å²) < 4.78 is 0. The van der Waals surface area contributed by atoms with E-state index in [1.807, 2.05) is 12.1 Å². The summed E-state index contributed by atoms with van der Waals surface area (Å²) in [5.74, 6) is 0.117. The Labute approximate surface area is 134 Å². The van der Waals surface area contributed by atoms with E-state index in [-0.39, 0.29) is 12.3 Å². The highest BCUT2D eigenvalue weighted by molar-refractivity contribution is 6.05. The number of aromatic nitrogens is 1. The van der Waals surface area contributed by atoms with Gasteiger partial charge in [-0.05, 0) is 25.5 Å². The highest BCUT2D eigenvalue weighted by Gasteiger charge is 2.31. The predicted molar refractivity (Wildman–Crippen MR) is 84.7 cm³/mol. The van der Waals surface area contributed by atoms with Crippen LogP contribution in [0, 0.1) is 0 Å². The number of nitrogens with one attached hydrogen (secondary N) is 3. The number of rotatable bonds is 7. The number of urea groups is 1. The molecular formula is C15H21N5O3. The van der Waals surface area contributed by atoms with Gasteiger partial charge >= 0.3 is 6.03 Å². The Bertz CT molecular complexity index is 583. The summed E-state index contributed by atoms with van der Waals surface area (Å²) in [6.45, 7) is 6.23. The zero-order valence-corrected chi connectivity index (χ0v) is 13.3. The third-order valence-corrected chi connectivity index (χ3v) is 3.63. The summed E-state index contributed by atoms with van der Waals surface area (Å²) >= 11 is 0. The number of hydrogen-bond acceptors (Lipinski definition) is 5. The Morgan fingerprint density at radius 3 is 2.57 bits per heavy atom. The van der Waals surface area contributed by atoms with Gasteiger partial charge in [0, 0.05) is 25.8 Å². The minimum Gasteiger partial charge on any atom is -0.357 e. The van der Waals surface area contributed by atoms with Gasteiger partial charge in [0.05, 0.1) is 6.42 Å². The van der Waals surface area contributed by atoms with Crippen LogP contribution in [0.3, 0.4) is 0 Å². The zero-order chi connectivity index (χ0) is 16.8. The molecule has 1 saturated heterocycles. The van der Waals surface area contributed by atoms with Crippen molar-refractivity contribution in [1.29, 1.82) is 0 Å². The first-order valence-corrected chi connectivity index (χ1v) is 7.61. The molecule has 1 aromatic rings. The first-order valence-electron chi connectivity index (χ1n) is 7.61. The standard InChI is InChI=1S/C15H21N5O3/c1-3-20(4-2)12-6-5-10(8-16-12)9-17-13(21)7-11-14(22)19-15(23)18-11/h5-6,8,11H,3-4,7,9H2,1-2H3,(H,17,21)(H2,18,19,22,23)/t11-/m0/s1. The lowest BCUT2D eigenvalue weighted by Gasteiger charge is -2.19. The molecule has 0 aromatic carbocycles. The van der Waals surface area contributed by atoms with Crippen LogP contribution in [0.15, 0.2) is 18.3 Å². The van der Waals surface area contributed by atoms with Crippen molar-refractivity contribution in [2.45, 2.75) is 32.9 Å². The number of hydrogen-bond donors (Lipinski definition) is 3. The molecular weight excluding hydrogens is 298 g/mol. The lowest BCUT2D eigenvalue weighted by Crippen LogP contribution is -2.36. The fourth-order valence-electron chi connectivity index (χ4n) is 2.32. The van der Waals surface area contributed by atoms with E-state index in [9.17, 15) is 14.4 Å². The van der Waals surface area contributed by atoms with Crippen molar-refractivity contribution in [1.82, 2.24) is 20.9 Å². The number of carbonyl (C=O) groups is 3. The Balaban J connectivity index is 1.82. The third kappa shape index (κ3) is 4.41. The molecule has 23 heavy (non-hydrogen) atoms. The van der Waals surface area contributed by atoms with Crippen molar-refractivity contribution in [2.75, 3.05) is 18.0 Å². The van der Waals surface area contributed by atoms with Crippen molar-refractivity contribution >= 4 is 23.7 Å². The van der Waals surface area contributed by atoms with Crippen molar-refractivity contribution in [3.8, 4) is 0 Å². The number of anilines is 1. The fraction of sp³-hybridized carbons (Fsp3) is 0.467. The monoisotopic (exact) mass is 319 g/mol. The summed E-state index contributed by atoms with van der Waals surface area (Å²) in [6, 6.07) is 2.46. The largest absolute Gasteiger partial charge is 0.357 e. The lowest BCUT2D eigenvalue weighted by atomic mass is 10.2. The number of amides is 4. The maximum Gasteiger partial charge on any atom is 0.322 e. The van der Waals surface area contributed by atoms with Crippen LogP contribution >= 0.6 is 0 Å². The van der Waals surface area contributed by atoms with Gasteiger partial charge in [-0.25, -0.2) is 9.78 Å². The van der Waals surface area contributed by atoms with Crippen molar-refractivity contribution in [3.05, 3.63) is 23.9 Å². The molecule has 1 aliphatic heterocycles. The van der Waals surface area contributed by atoms with Crippen LogP contribution in [0.1, 0.15) is 25.8 Å². The summed E-state index contributed by atoms with van der Waals surface area (Å²) in [7, 11) is 0. The van der Waals surface area contributed by atoms with Crippen LogP contribution in [0.2, 0.25) is 0 Å². The zero-order valence-electron chi connectivity index (χ0n) is 13.3. The van der Waals surface area contributed by atoms with Gasteiger partial charge in [0.2, 0.25) is 5.91 Å². The molecule has 0 radical (unpaired) electrons. The van der Waals surface area contributed by atoms with Crippen LogP contribution in [-0.4, -0.2) is 42.0 Å². The molecule has 2 rings (SSSR count). The minimum absolute atomic E-state index is 0.0808. The molecule has 1 aliphatic rings. The SMILES string of the molecule is CCN(CC)c1ccc(CNC(=O)C[C@@H]2NC(=O)NC2=O)cn1. The van der Waals surface area contributed by atoms with E-state index in [2.05, 4.69) is 39.7 Å². The fourth-order valence-corrected chi connectivity index (χ4v) is 2.32. The van der Waals surface area contributed by atoms with E-state index in [0.29, 0.717) is 6.54 Å². The Morgan fingerprint density at radius 2 is 2.04 bits per heavy atom. The number of pyridine rings is 1. The second-order valence-corrected chi connectivity index (χ2v) is 5.19. The molecule has 0 saturated carbocycles. The second-order valence-electron chi connectivity index (χ2n) is 5.19. The molecule has 0 bridgehead atoms. The van der Waals surface area contributed by atoms with E-state index >= 15 is 0 Å². The molecule has 0 aliphatic carbocycles. The van der Waals surface area contributed by atoms with E-state index in [0.717, 1.165) is 24.5 Å². The van der Waals surface area contributed by atoms with E-state index in [1.165, 1.54) is 0 Å². The maximum atomic E-state index is 11.8. The number of nitrogens with zero attached hydrogens (tertiary/aromatic N) is 2. The number of carbonyl (C=O) groups excluding carboxylic acids is 3. The lowest BCUT2D eigenvalue weighted by molar-refractivity contribution is -0.126. The first-order chi connectivity index (χ1) is 11.0. The van der Waals surface area contributed by atoms with Crippen LogP contribution in [0.5, 0.6) is 0 Å². The van der Waals surface area contributed by atoms with Crippen molar-refractivity contribution in [2.24, 2.45) is 0 Å². The van der Waals surface area contributed by atoms with Gasteiger partial charge in [0.15, 0.2) is 0 Å². The van der Waals surface area contributed by atoms with Gasteiger partial charge in [-0.1, -0.05) is 6.07 Å². The van der Waals surface area contributed by atoms with Crippen LogP contribution in [0.4, 0.5) is 10.6 Å². The van der Waals surface area contributed by atoms with Gasteiger partial charge in [0.25, 0.3) is 5.91 Å². The smallest absolute Gasteiger partial charge is 0.322 e. The first kappa shape index (κ1) is 16.7. The van der Waals surface area contributed by atoms with Gasteiger partial charge < -0.3 is 15.5 Å². The maximum absolute atomic E-state index is 11.8. The quantitative estimate of drug-likeness (QED) is 0.620. The molecule has 8 nitrogen and oxygen atoms in total. The Hall–Kier alpha value is -2.64. The van der Waals surface area contributed by atoms with Gasteiger partial charge in [0.1, 0.15) is 11.9 Å². The van der Waals surface area contributed by atoms with Crippen molar-refractivity contribution < 1.29 is 14.4 Å². The van der Waals surface area contributed by atoms with E-state index < -0.39 is 18.0 Å². The molecule has 0 unspecified atom stereocenters. The summed E-state index contributed by atoms with van der Waals surface area (Å²) in [4.78, 5) is 40.7. The van der Waals surface area contributed by atoms with Gasteiger partial charge in [-0.2, -0.15) is 0 Å². The minimum atomic E-state index is -0.800. The summed E-state index contributed by atoms with van der Waals surface area (Å²) in [5.41, 5.74) is 0.870. The molecule has 3 N–H and O–H groups in total. The van der Waals surface area contributed by atoms with Gasteiger partial charge in [-0.15, -0.1) is 0 Å². The average Bonchev–Trinajstić information content (AvgIpc) is 2.85. The highest BCUT2D eigenvalue weighted by atomic mass is 16.2. The van der Waals surface area contributed by atoms with Crippen LogP contribution in [0.25, 0.3) is 0 Å². The Morgan fingerprint density at radius 1 is 1.30 bits per heavy atom. The predicted octanol–water partition coefficient (Wildman–Crippen LogP) is 0.142. The highest BCUT2D eigenvalue weighted by Crippen LogP contribution is 2.10. The molecule has 124 valence electrons. The van der Waals surface area contributed by atoms with Crippen LogP contribution < -0.4 is 20.9 Å². The molecule has 8 heteroatoms. The molecule has 1 atom stereocenters. The third-order valence-electron chi connectivity index (χ3n) is 3.63.